The molecule has 132 valence electrons. The van der Waals surface area contributed by atoms with Crippen LogP contribution >= 0.6 is 11.3 Å². The van der Waals surface area contributed by atoms with Crippen molar-refractivity contribution < 1.29 is 4.79 Å². The molecule has 0 spiro atoms. The highest BCUT2D eigenvalue weighted by Crippen LogP contribution is 2.39. The molecule has 0 radical (unpaired) electrons. The van der Waals surface area contributed by atoms with E-state index in [1.54, 1.807) is 11.3 Å². The molecule has 2 aliphatic rings. The van der Waals surface area contributed by atoms with E-state index >= 15 is 0 Å². The molecule has 2 aliphatic heterocycles. The number of thiophene rings is 1. The van der Waals surface area contributed by atoms with E-state index in [-0.39, 0.29) is 11.9 Å². The Bertz CT molecular complexity index is 830. The SMILES string of the molecule is CC1=C(C(=O)N2CCN(C)CC2)[C@@H](c2sccc2C)n2ncnc2N1. The maximum Gasteiger partial charge on any atom is 0.254 e. The first-order chi connectivity index (χ1) is 12.1. The first-order valence-corrected chi connectivity index (χ1v) is 9.33. The van der Waals surface area contributed by atoms with E-state index in [1.165, 1.54) is 11.9 Å². The van der Waals surface area contributed by atoms with E-state index in [0.29, 0.717) is 5.95 Å². The maximum atomic E-state index is 13.4. The summed E-state index contributed by atoms with van der Waals surface area (Å²) in [6.45, 7) is 7.36. The third-order valence-electron chi connectivity index (χ3n) is 4.97. The number of amides is 1. The highest BCUT2D eigenvalue weighted by atomic mass is 32.1. The number of hydrogen-bond acceptors (Lipinski definition) is 6. The van der Waals surface area contributed by atoms with Gasteiger partial charge in [-0.2, -0.15) is 10.1 Å². The van der Waals surface area contributed by atoms with Crippen LogP contribution in [0.25, 0.3) is 0 Å². The van der Waals surface area contributed by atoms with Crippen LogP contribution in [0.3, 0.4) is 0 Å². The van der Waals surface area contributed by atoms with Gasteiger partial charge in [0.05, 0.1) is 5.57 Å². The highest BCUT2D eigenvalue weighted by molar-refractivity contribution is 7.10. The van der Waals surface area contributed by atoms with Crippen molar-refractivity contribution in [1.29, 1.82) is 0 Å². The van der Waals surface area contributed by atoms with Gasteiger partial charge in [-0.15, -0.1) is 11.3 Å². The van der Waals surface area contributed by atoms with E-state index in [1.807, 2.05) is 16.5 Å². The zero-order valence-electron chi connectivity index (χ0n) is 14.7. The molecule has 7 nitrogen and oxygen atoms in total. The molecule has 8 heteroatoms. The van der Waals surface area contributed by atoms with Crippen molar-refractivity contribution in [2.24, 2.45) is 0 Å². The van der Waals surface area contributed by atoms with Gasteiger partial charge in [-0.3, -0.25) is 4.79 Å². The number of allylic oxidation sites excluding steroid dienone is 1. The summed E-state index contributed by atoms with van der Waals surface area (Å²) in [4.78, 5) is 23.0. The minimum atomic E-state index is -0.217. The quantitative estimate of drug-likeness (QED) is 0.885. The van der Waals surface area contributed by atoms with E-state index in [9.17, 15) is 4.79 Å². The summed E-state index contributed by atoms with van der Waals surface area (Å²) < 4.78 is 1.83. The van der Waals surface area contributed by atoms with Gasteiger partial charge in [0.1, 0.15) is 12.4 Å². The molecule has 4 heterocycles. The van der Waals surface area contributed by atoms with Crippen LogP contribution in [0.5, 0.6) is 0 Å². The Labute approximate surface area is 150 Å². The molecule has 25 heavy (non-hydrogen) atoms. The molecule has 1 fully saturated rings. The van der Waals surface area contributed by atoms with Crippen molar-refractivity contribution >= 4 is 23.2 Å². The number of anilines is 1. The molecule has 0 saturated carbocycles. The number of hydrogen-bond donors (Lipinski definition) is 1. The van der Waals surface area contributed by atoms with E-state index < -0.39 is 0 Å². The Hall–Kier alpha value is -2.19. The molecule has 0 aliphatic carbocycles. The first-order valence-electron chi connectivity index (χ1n) is 8.45. The van der Waals surface area contributed by atoms with Gasteiger partial charge in [-0.1, -0.05) is 0 Å². The Kier molecular flexibility index (Phi) is 4.09. The van der Waals surface area contributed by atoms with Gasteiger partial charge in [0, 0.05) is 36.8 Å². The predicted octanol–water partition coefficient (Wildman–Crippen LogP) is 1.71. The molecule has 0 aromatic carbocycles. The normalized spacial score (nSPS) is 21.2. The lowest BCUT2D eigenvalue weighted by Crippen LogP contribution is -2.49. The smallest absolute Gasteiger partial charge is 0.254 e. The standard InChI is InChI=1S/C17H22N6OS/c1-11-4-9-25-15(11)14-13(12(2)20-17-18-10-19-23(14)17)16(24)22-7-5-21(3)6-8-22/h4,9-10,14H,5-8H2,1-3H3,(H,18,19,20)/t14-/m0/s1. The molecule has 1 atom stereocenters. The van der Waals surface area contributed by atoms with Gasteiger partial charge in [0.2, 0.25) is 5.95 Å². The van der Waals surface area contributed by atoms with Crippen molar-refractivity contribution in [2.45, 2.75) is 19.9 Å². The van der Waals surface area contributed by atoms with Gasteiger partial charge in [-0.25, -0.2) is 4.68 Å². The Morgan fingerprint density at radius 2 is 2.04 bits per heavy atom. The summed E-state index contributed by atoms with van der Waals surface area (Å²) in [7, 11) is 2.09. The van der Waals surface area contributed by atoms with Crippen molar-refractivity contribution in [2.75, 3.05) is 38.5 Å². The second kappa shape index (κ2) is 6.27. The number of rotatable bonds is 2. The monoisotopic (exact) mass is 358 g/mol. The lowest BCUT2D eigenvalue weighted by molar-refractivity contribution is -0.129. The molecular formula is C17H22N6OS. The van der Waals surface area contributed by atoms with Gasteiger partial charge >= 0.3 is 0 Å². The number of aromatic nitrogens is 3. The molecule has 4 rings (SSSR count). The summed E-state index contributed by atoms with van der Waals surface area (Å²) >= 11 is 1.66. The second-order valence-electron chi connectivity index (χ2n) is 6.66. The fourth-order valence-electron chi connectivity index (χ4n) is 3.45. The van der Waals surface area contributed by atoms with Crippen LogP contribution in [0.4, 0.5) is 5.95 Å². The summed E-state index contributed by atoms with van der Waals surface area (Å²) in [5.41, 5.74) is 2.81. The van der Waals surface area contributed by atoms with Crippen molar-refractivity contribution in [3.8, 4) is 0 Å². The molecule has 2 aromatic heterocycles. The minimum Gasteiger partial charge on any atom is -0.336 e. The third kappa shape index (κ3) is 2.75. The maximum absolute atomic E-state index is 13.4. The molecule has 0 bridgehead atoms. The van der Waals surface area contributed by atoms with Crippen molar-refractivity contribution in [3.63, 3.8) is 0 Å². The predicted molar refractivity (Wildman–Crippen MR) is 97.6 cm³/mol. The van der Waals surface area contributed by atoms with Crippen LogP contribution in [-0.4, -0.2) is 63.7 Å². The number of fused-ring (bicyclic) bond motifs is 1. The number of carbonyl (C=O) groups excluding carboxylic acids is 1. The number of nitrogens with zero attached hydrogens (tertiary/aromatic N) is 5. The summed E-state index contributed by atoms with van der Waals surface area (Å²) in [6.07, 6.45) is 1.54. The highest BCUT2D eigenvalue weighted by Gasteiger charge is 2.37. The molecule has 1 amide bonds. The number of nitrogens with one attached hydrogen (secondary N) is 1. The van der Waals surface area contributed by atoms with Gasteiger partial charge in [0.15, 0.2) is 0 Å². The van der Waals surface area contributed by atoms with Crippen LogP contribution in [0.15, 0.2) is 29.0 Å². The van der Waals surface area contributed by atoms with Gasteiger partial charge in [-0.05, 0) is 37.9 Å². The topological polar surface area (TPSA) is 66.3 Å². The zero-order valence-corrected chi connectivity index (χ0v) is 15.5. The number of aryl methyl sites for hydroxylation is 1. The summed E-state index contributed by atoms with van der Waals surface area (Å²) in [6, 6.07) is 1.87. The lowest BCUT2D eigenvalue weighted by Gasteiger charge is -2.36. The first kappa shape index (κ1) is 16.3. The Balaban J connectivity index is 1.76. The number of likely N-dealkylation sites (N-methyl/N-ethyl adjacent to an activating group) is 1. The summed E-state index contributed by atoms with van der Waals surface area (Å²) in [5, 5.41) is 9.71. The molecular weight excluding hydrogens is 336 g/mol. The average molecular weight is 358 g/mol. The lowest BCUT2D eigenvalue weighted by atomic mass is 9.98. The number of piperazine rings is 1. The zero-order chi connectivity index (χ0) is 17.6. The third-order valence-corrected chi connectivity index (χ3v) is 6.04. The van der Waals surface area contributed by atoms with Crippen LogP contribution in [0.2, 0.25) is 0 Å². The largest absolute Gasteiger partial charge is 0.336 e. The number of carbonyl (C=O) groups is 1. The molecule has 1 saturated heterocycles. The second-order valence-corrected chi connectivity index (χ2v) is 7.61. The van der Waals surface area contributed by atoms with Crippen LogP contribution in [0.1, 0.15) is 23.4 Å². The van der Waals surface area contributed by atoms with Crippen LogP contribution in [-0.2, 0) is 4.79 Å². The fraction of sp³-hybridized carbons (Fsp3) is 0.471. The summed E-state index contributed by atoms with van der Waals surface area (Å²) in [5.74, 6) is 0.780. The van der Waals surface area contributed by atoms with Gasteiger partial charge < -0.3 is 15.1 Å². The van der Waals surface area contributed by atoms with E-state index in [0.717, 1.165) is 42.3 Å². The fourth-order valence-corrected chi connectivity index (χ4v) is 4.47. The Morgan fingerprint density at radius 1 is 1.28 bits per heavy atom. The van der Waals surface area contributed by atoms with Crippen molar-refractivity contribution in [1.82, 2.24) is 24.6 Å². The average Bonchev–Trinajstić information content (AvgIpc) is 3.22. The molecule has 0 unspecified atom stereocenters. The minimum absolute atomic E-state index is 0.0945. The van der Waals surface area contributed by atoms with E-state index in [4.69, 9.17) is 0 Å². The van der Waals surface area contributed by atoms with E-state index in [2.05, 4.69) is 45.7 Å². The molecule has 1 N–H and O–H groups in total. The van der Waals surface area contributed by atoms with Crippen molar-refractivity contribution in [3.05, 3.63) is 39.5 Å². The van der Waals surface area contributed by atoms with Crippen LogP contribution < -0.4 is 5.32 Å². The molecule has 2 aromatic rings. The van der Waals surface area contributed by atoms with Gasteiger partial charge in [0.25, 0.3) is 5.91 Å². The Morgan fingerprint density at radius 3 is 2.72 bits per heavy atom. The van der Waals surface area contributed by atoms with Crippen LogP contribution in [0, 0.1) is 6.92 Å².